The minimum Gasteiger partial charge on any atom is -0.496 e. The van der Waals surface area contributed by atoms with Crippen molar-refractivity contribution in [1.29, 1.82) is 0 Å². The number of hydrogen-bond acceptors (Lipinski definition) is 5. The van der Waals surface area contributed by atoms with Crippen LogP contribution in [-0.4, -0.2) is 39.9 Å². The molecule has 0 atom stereocenters. The second kappa shape index (κ2) is 7.26. The zero-order valence-corrected chi connectivity index (χ0v) is 14.8. The lowest BCUT2D eigenvalue weighted by Gasteiger charge is -2.12. The molecule has 1 amide bonds. The number of halogens is 1. The van der Waals surface area contributed by atoms with Crippen molar-refractivity contribution in [3.63, 3.8) is 0 Å². The number of hydrogen-bond donors (Lipinski definition) is 1. The zero-order chi connectivity index (χ0) is 16.3. The largest absolute Gasteiger partial charge is 0.496 e. The fraction of sp³-hybridized carbons (Fsp3) is 0.214. The van der Waals surface area contributed by atoms with E-state index < -0.39 is 5.97 Å². The first kappa shape index (κ1) is 17.0. The Morgan fingerprint density at radius 1 is 1.55 bits per heavy atom. The van der Waals surface area contributed by atoms with E-state index in [1.807, 2.05) is 12.1 Å². The number of carboxylic acid groups (broad SMARTS) is 1. The molecule has 1 N–H and O–H groups in total. The van der Waals surface area contributed by atoms with Crippen molar-refractivity contribution >= 4 is 62.2 Å². The third kappa shape index (κ3) is 3.88. The van der Waals surface area contributed by atoms with Crippen molar-refractivity contribution in [2.75, 3.05) is 13.7 Å². The highest BCUT2D eigenvalue weighted by Gasteiger charge is 2.32. The Morgan fingerprint density at radius 3 is 2.91 bits per heavy atom. The summed E-state index contributed by atoms with van der Waals surface area (Å²) in [5, 5.41) is 8.72. The topological polar surface area (TPSA) is 66.8 Å². The first-order valence-electron chi connectivity index (χ1n) is 6.23. The molecule has 1 saturated heterocycles. The maximum atomic E-state index is 12.3. The fourth-order valence-corrected chi connectivity index (χ4v) is 3.54. The molecule has 1 aliphatic heterocycles. The van der Waals surface area contributed by atoms with Gasteiger partial charge in [0.25, 0.3) is 5.91 Å². The van der Waals surface area contributed by atoms with Gasteiger partial charge in [-0.1, -0.05) is 39.9 Å². The number of carbonyl (C=O) groups excluding carboxylic acids is 1. The summed E-state index contributed by atoms with van der Waals surface area (Å²) in [4.78, 5) is 24.7. The summed E-state index contributed by atoms with van der Waals surface area (Å²) in [5.41, 5.74) is 0.746. The second-order valence-electron chi connectivity index (χ2n) is 4.36. The van der Waals surface area contributed by atoms with Crippen LogP contribution in [0.1, 0.15) is 12.0 Å². The number of thiocarbonyl (C=S) groups is 1. The van der Waals surface area contributed by atoms with Crippen LogP contribution in [0.15, 0.2) is 27.6 Å². The smallest absolute Gasteiger partial charge is 0.305 e. The van der Waals surface area contributed by atoms with Gasteiger partial charge in [0, 0.05) is 16.6 Å². The molecular formula is C14H12BrNO4S2. The Balaban J connectivity index is 2.26. The van der Waals surface area contributed by atoms with Gasteiger partial charge in [-0.25, -0.2) is 0 Å². The Bertz CT molecular complexity index is 675. The molecule has 5 nitrogen and oxygen atoms in total. The fourth-order valence-electron chi connectivity index (χ4n) is 1.86. The summed E-state index contributed by atoms with van der Waals surface area (Å²) in [5.74, 6) is -0.607. The second-order valence-corrected chi connectivity index (χ2v) is 6.95. The van der Waals surface area contributed by atoms with Crippen LogP contribution >= 0.6 is 39.9 Å². The van der Waals surface area contributed by atoms with Crippen molar-refractivity contribution in [3.8, 4) is 5.75 Å². The molecule has 1 aromatic rings. The van der Waals surface area contributed by atoms with Crippen LogP contribution in [-0.2, 0) is 9.59 Å². The average molecular weight is 402 g/mol. The zero-order valence-electron chi connectivity index (χ0n) is 11.5. The molecule has 0 aromatic heterocycles. The molecular weight excluding hydrogens is 390 g/mol. The van der Waals surface area contributed by atoms with E-state index in [0.717, 1.165) is 21.8 Å². The third-order valence-electron chi connectivity index (χ3n) is 2.90. The van der Waals surface area contributed by atoms with Crippen molar-refractivity contribution in [2.24, 2.45) is 0 Å². The number of rotatable bonds is 5. The van der Waals surface area contributed by atoms with Gasteiger partial charge in [0.05, 0.1) is 18.4 Å². The van der Waals surface area contributed by atoms with E-state index in [0.29, 0.717) is 15.0 Å². The van der Waals surface area contributed by atoms with Crippen LogP contribution in [0, 0.1) is 0 Å². The highest BCUT2D eigenvalue weighted by Crippen LogP contribution is 2.35. The molecule has 0 spiro atoms. The number of nitrogens with zero attached hydrogens (tertiary/aromatic N) is 1. The Hall–Kier alpha value is -1.38. The highest BCUT2D eigenvalue weighted by atomic mass is 79.9. The van der Waals surface area contributed by atoms with Crippen LogP contribution in [0.3, 0.4) is 0 Å². The molecule has 116 valence electrons. The first-order valence-corrected chi connectivity index (χ1v) is 8.25. The van der Waals surface area contributed by atoms with Crippen LogP contribution in [0.4, 0.5) is 0 Å². The Labute approximate surface area is 145 Å². The number of aliphatic carboxylic acids is 1. The number of ether oxygens (including phenoxy) is 1. The van der Waals surface area contributed by atoms with Gasteiger partial charge in [0.2, 0.25) is 0 Å². The number of methoxy groups -OCH3 is 1. The van der Waals surface area contributed by atoms with E-state index in [1.54, 1.807) is 19.3 Å². The molecule has 8 heteroatoms. The van der Waals surface area contributed by atoms with Crippen LogP contribution in [0.5, 0.6) is 5.75 Å². The van der Waals surface area contributed by atoms with Crippen molar-refractivity contribution in [2.45, 2.75) is 6.42 Å². The van der Waals surface area contributed by atoms with E-state index >= 15 is 0 Å². The molecule has 1 aliphatic rings. The minimum atomic E-state index is -0.966. The molecule has 0 unspecified atom stereocenters. The number of thioether (sulfide) groups is 1. The molecule has 1 aromatic carbocycles. The van der Waals surface area contributed by atoms with Gasteiger partial charge >= 0.3 is 5.97 Å². The molecule has 0 saturated carbocycles. The quantitative estimate of drug-likeness (QED) is 0.603. The maximum Gasteiger partial charge on any atom is 0.305 e. The maximum absolute atomic E-state index is 12.3. The van der Waals surface area contributed by atoms with Crippen molar-refractivity contribution in [1.82, 2.24) is 4.90 Å². The number of benzene rings is 1. The van der Waals surface area contributed by atoms with Crippen molar-refractivity contribution in [3.05, 3.63) is 33.1 Å². The van der Waals surface area contributed by atoms with E-state index in [9.17, 15) is 9.59 Å². The summed E-state index contributed by atoms with van der Waals surface area (Å²) >= 11 is 9.68. The summed E-state index contributed by atoms with van der Waals surface area (Å²) < 4.78 is 6.50. The van der Waals surface area contributed by atoms with Gasteiger partial charge in [-0.05, 0) is 24.3 Å². The third-order valence-corrected chi connectivity index (χ3v) is 4.77. The Kier molecular flexibility index (Phi) is 5.60. The van der Waals surface area contributed by atoms with Gasteiger partial charge in [-0.2, -0.15) is 0 Å². The number of amides is 1. The molecule has 0 radical (unpaired) electrons. The predicted octanol–water partition coefficient (Wildman–Crippen LogP) is 3.13. The van der Waals surface area contributed by atoms with Gasteiger partial charge in [-0.15, -0.1) is 0 Å². The SMILES string of the molecule is COc1ccc(Br)cc1C=C1SC(=S)N(CCC(=O)O)C1=O. The van der Waals surface area contributed by atoms with Gasteiger partial charge < -0.3 is 9.84 Å². The monoisotopic (exact) mass is 401 g/mol. The Morgan fingerprint density at radius 2 is 2.27 bits per heavy atom. The number of carbonyl (C=O) groups is 2. The minimum absolute atomic E-state index is 0.0763. The molecule has 22 heavy (non-hydrogen) atoms. The molecule has 0 bridgehead atoms. The van der Waals surface area contributed by atoms with E-state index in [1.165, 1.54) is 4.90 Å². The van der Waals surface area contributed by atoms with Gasteiger partial charge in [0.15, 0.2) is 0 Å². The van der Waals surface area contributed by atoms with E-state index in [-0.39, 0.29) is 18.9 Å². The first-order chi connectivity index (χ1) is 10.4. The number of carboxylic acids is 1. The van der Waals surface area contributed by atoms with E-state index in [2.05, 4.69) is 15.9 Å². The van der Waals surface area contributed by atoms with Gasteiger partial charge in [-0.3, -0.25) is 14.5 Å². The summed E-state index contributed by atoms with van der Waals surface area (Å²) in [7, 11) is 1.55. The predicted molar refractivity (Wildman–Crippen MR) is 92.8 cm³/mol. The molecule has 0 aliphatic carbocycles. The molecule has 1 heterocycles. The summed E-state index contributed by atoms with van der Waals surface area (Å²) in [6, 6.07) is 5.47. The van der Waals surface area contributed by atoms with Crippen LogP contribution in [0.2, 0.25) is 0 Å². The average Bonchev–Trinajstić information content (AvgIpc) is 2.71. The highest BCUT2D eigenvalue weighted by molar-refractivity contribution is 9.10. The van der Waals surface area contributed by atoms with Crippen LogP contribution < -0.4 is 4.74 Å². The lowest BCUT2D eigenvalue weighted by Crippen LogP contribution is -2.30. The summed E-state index contributed by atoms with van der Waals surface area (Å²) in [6.45, 7) is 0.0763. The summed E-state index contributed by atoms with van der Waals surface area (Å²) in [6.07, 6.45) is 1.56. The lowest BCUT2D eigenvalue weighted by molar-refractivity contribution is -0.137. The van der Waals surface area contributed by atoms with E-state index in [4.69, 9.17) is 22.1 Å². The van der Waals surface area contributed by atoms with Crippen molar-refractivity contribution < 1.29 is 19.4 Å². The molecule has 2 rings (SSSR count). The lowest BCUT2D eigenvalue weighted by atomic mass is 10.2. The standard InChI is InChI=1S/C14H12BrNO4S2/c1-20-10-3-2-9(15)6-8(10)7-11-13(19)16(14(21)22-11)5-4-12(17)18/h2-3,6-7H,4-5H2,1H3,(H,17,18). The van der Waals surface area contributed by atoms with Gasteiger partial charge in [0.1, 0.15) is 10.1 Å². The van der Waals surface area contributed by atoms with Crippen LogP contribution in [0.25, 0.3) is 6.08 Å². The molecule has 1 fully saturated rings. The normalized spacial score (nSPS) is 16.5.